The van der Waals surface area contributed by atoms with Gasteiger partial charge >= 0.3 is 5.97 Å². The number of benzene rings is 1. The standard InChI is InChI=1S/C13H11NO4/c1-17-11-7-9(13(15)16)8-12(18-2)10(11)5-3-4-6-14/h7-8H,4H2,1-2H3,(H,15,16). The number of nitriles is 1. The molecule has 0 radical (unpaired) electrons. The van der Waals surface area contributed by atoms with Gasteiger partial charge in [-0.1, -0.05) is 11.8 Å². The molecule has 0 heterocycles. The number of ether oxygens (including phenoxy) is 2. The van der Waals surface area contributed by atoms with Gasteiger partial charge in [0.1, 0.15) is 17.1 Å². The van der Waals surface area contributed by atoms with Gasteiger partial charge in [-0.05, 0) is 12.1 Å². The maximum Gasteiger partial charge on any atom is 0.335 e. The minimum Gasteiger partial charge on any atom is -0.495 e. The molecule has 0 aliphatic heterocycles. The number of carboxylic acids is 1. The summed E-state index contributed by atoms with van der Waals surface area (Å²) in [6, 6.07) is 4.62. The van der Waals surface area contributed by atoms with Crippen LogP contribution in [0, 0.1) is 23.2 Å². The molecule has 0 atom stereocenters. The average molecular weight is 245 g/mol. The van der Waals surface area contributed by atoms with E-state index in [-0.39, 0.29) is 12.0 Å². The van der Waals surface area contributed by atoms with E-state index in [2.05, 4.69) is 11.8 Å². The number of nitrogens with zero attached hydrogens (tertiary/aromatic N) is 1. The highest BCUT2D eigenvalue weighted by atomic mass is 16.5. The second-order valence-electron chi connectivity index (χ2n) is 3.20. The molecule has 0 spiro atoms. The lowest BCUT2D eigenvalue weighted by Crippen LogP contribution is -2.01. The molecular weight excluding hydrogens is 234 g/mol. The second-order valence-corrected chi connectivity index (χ2v) is 3.20. The van der Waals surface area contributed by atoms with Crippen LogP contribution < -0.4 is 9.47 Å². The summed E-state index contributed by atoms with van der Waals surface area (Å²) in [7, 11) is 2.83. The Morgan fingerprint density at radius 1 is 1.33 bits per heavy atom. The predicted octanol–water partition coefficient (Wildman–Crippen LogP) is 1.67. The molecule has 0 aliphatic rings. The Kier molecular flexibility index (Phi) is 4.59. The average Bonchev–Trinajstić information content (AvgIpc) is 2.38. The van der Waals surface area contributed by atoms with Gasteiger partial charge in [-0.3, -0.25) is 0 Å². The number of carbonyl (C=O) groups is 1. The molecule has 5 heteroatoms. The number of carboxylic acid groups (broad SMARTS) is 1. The molecule has 1 aromatic rings. The van der Waals surface area contributed by atoms with Crippen molar-refractivity contribution in [3.8, 4) is 29.4 Å². The zero-order valence-corrected chi connectivity index (χ0v) is 9.98. The zero-order valence-electron chi connectivity index (χ0n) is 9.98. The first kappa shape index (κ1) is 13.4. The molecule has 0 amide bonds. The van der Waals surface area contributed by atoms with E-state index in [4.69, 9.17) is 19.8 Å². The number of hydrogen-bond donors (Lipinski definition) is 1. The van der Waals surface area contributed by atoms with Crippen LogP contribution in [0.3, 0.4) is 0 Å². The van der Waals surface area contributed by atoms with Crippen LogP contribution in [-0.2, 0) is 0 Å². The maximum atomic E-state index is 10.9. The van der Waals surface area contributed by atoms with Crippen LogP contribution in [0.2, 0.25) is 0 Å². The van der Waals surface area contributed by atoms with E-state index in [0.717, 1.165) is 0 Å². The Hall–Kier alpha value is -2.66. The van der Waals surface area contributed by atoms with Crippen molar-refractivity contribution < 1.29 is 19.4 Å². The number of methoxy groups -OCH3 is 2. The van der Waals surface area contributed by atoms with Crippen LogP contribution in [-0.4, -0.2) is 25.3 Å². The van der Waals surface area contributed by atoms with Crippen LogP contribution in [0.5, 0.6) is 11.5 Å². The fourth-order valence-corrected chi connectivity index (χ4v) is 1.33. The number of rotatable bonds is 3. The highest BCUT2D eigenvalue weighted by molar-refractivity contribution is 5.89. The smallest absolute Gasteiger partial charge is 0.335 e. The van der Waals surface area contributed by atoms with Crippen LogP contribution in [0.25, 0.3) is 0 Å². The molecule has 1 rings (SSSR count). The summed E-state index contributed by atoms with van der Waals surface area (Å²) in [5.74, 6) is 4.89. The lowest BCUT2D eigenvalue weighted by Gasteiger charge is -2.09. The van der Waals surface area contributed by atoms with Crippen molar-refractivity contribution in [1.82, 2.24) is 0 Å². The van der Waals surface area contributed by atoms with Crippen molar-refractivity contribution in [1.29, 1.82) is 5.26 Å². The minimum atomic E-state index is -1.08. The van der Waals surface area contributed by atoms with Crippen LogP contribution in [0.1, 0.15) is 22.3 Å². The summed E-state index contributed by atoms with van der Waals surface area (Å²) in [5.41, 5.74) is 0.481. The minimum absolute atomic E-state index is 0.0505. The van der Waals surface area contributed by atoms with Gasteiger partial charge in [-0.2, -0.15) is 5.26 Å². The van der Waals surface area contributed by atoms with Gasteiger partial charge in [0.2, 0.25) is 0 Å². The summed E-state index contributed by atoms with van der Waals surface area (Å²) in [4.78, 5) is 10.9. The monoisotopic (exact) mass is 245 g/mol. The summed E-state index contributed by atoms with van der Waals surface area (Å²) >= 11 is 0. The molecule has 0 aromatic heterocycles. The van der Waals surface area contributed by atoms with Crippen LogP contribution in [0.4, 0.5) is 0 Å². The number of hydrogen-bond acceptors (Lipinski definition) is 4. The van der Waals surface area contributed by atoms with E-state index in [1.807, 2.05) is 6.07 Å². The topological polar surface area (TPSA) is 79.6 Å². The Morgan fingerprint density at radius 2 is 1.89 bits per heavy atom. The van der Waals surface area contributed by atoms with Crippen molar-refractivity contribution in [3.05, 3.63) is 23.3 Å². The third-order valence-electron chi connectivity index (χ3n) is 2.13. The molecule has 18 heavy (non-hydrogen) atoms. The van der Waals surface area contributed by atoms with Crippen molar-refractivity contribution in [2.24, 2.45) is 0 Å². The summed E-state index contributed by atoms with van der Waals surface area (Å²) in [6.07, 6.45) is 0.0764. The molecule has 1 N–H and O–H groups in total. The lowest BCUT2D eigenvalue weighted by atomic mass is 10.1. The Morgan fingerprint density at radius 3 is 2.28 bits per heavy atom. The quantitative estimate of drug-likeness (QED) is 0.819. The predicted molar refractivity (Wildman–Crippen MR) is 63.6 cm³/mol. The van der Waals surface area contributed by atoms with Crippen LogP contribution in [0.15, 0.2) is 12.1 Å². The first-order chi connectivity index (χ1) is 8.63. The second kappa shape index (κ2) is 6.17. The normalized spacial score (nSPS) is 8.72. The van der Waals surface area contributed by atoms with Gasteiger partial charge in [0, 0.05) is 0 Å². The molecule has 1 aromatic carbocycles. The fourth-order valence-electron chi connectivity index (χ4n) is 1.33. The van der Waals surface area contributed by atoms with Crippen LogP contribution >= 0.6 is 0 Å². The molecular formula is C13H11NO4. The van der Waals surface area contributed by atoms with Crippen molar-refractivity contribution in [2.75, 3.05) is 14.2 Å². The first-order valence-corrected chi connectivity index (χ1v) is 4.99. The van der Waals surface area contributed by atoms with E-state index in [0.29, 0.717) is 17.1 Å². The molecule has 92 valence electrons. The van der Waals surface area contributed by atoms with Gasteiger partial charge in [-0.25, -0.2) is 4.79 Å². The maximum absolute atomic E-state index is 10.9. The number of aromatic carboxylic acids is 1. The van der Waals surface area contributed by atoms with Gasteiger partial charge in [0.15, 0.2) is 0 Å². The molecule has 0 unspecified atom stereocenters. The van der Waals surface area contributed by atoms with E-state index in [9.17, 15) is 4.79 Å². The Labute approximate surface area is 105 Å². The molecule has 0 saturated heterocycles. The zero-order chi connectivity index (χ0) is 13.5. The largest absolute Gasteiger partial charge is 0.495 e. The lowest BCUT2D eigenvalue weighted by molar-refractivity contribution is 0.0696. The molecule has 0 saturated carbocycles. The third kappa shape index (κ3) is 2.93. The van der Waals surface area contributed by atoms with Crippen molar-refractivity contribution >= 4 is 5.97 Å². The Bertz CT molecular complexity index is 536. The summed E-state index contributed by atoms with van der Waals surface area (Å²) in [6.45, 7) is 0. The van der Waals surface area contributed by atoms with Gasteiger partial charge in [0.05, 0.1) is 32.3 Å². The summed E-state index contributed by atoms with van der Waals surface area (Å²) in [5, 5.41) is 17.4. The van der Waals surface area contributed by atoms with E-state index in [1.165, 1.54) is 26.4 Å². The summed E-state index contributed by atoms with van der Waals surface area (Å²) < 4.78 is 10.2. The highest BCUT2D eigenvalue weighted by Gasteiger charge is 2.14. The first-order valence-electron chi connectivity index (χ1n) is 4.99. The van der Waals surface area contributed by atoms with Gasteiger partial charge < -0.3 is 14.6 Å². The molecule has 0 fully saturated rings. The third-order valence-corrected chi connectivity index (χ3v) is 2.13. The van der Waals surface area contributed by atoms with Crippen molar-refractivity contribution in [2.45, 2.75) is 6.42 Å². The van der Waals surface area contributed by atoms with E-state index in [1.54, 1.807) is 0 Å². The molecule has 0 aliphatic carbocycles. The van der Waals surface area contributed by atoms with E-state index >= 15 is 0 Å². The van der Waals surface area contributed by atoms with Crippen molar-refractivity contribution in [3.63, 3.8) is 0 Å². The van der Waals surface area contributed by atoms with E-state index < -0.39 is 5.97 Å². The van der Waals surface area contributed by atoms with Gasteiger partial charge in [-0.15, -0.1) is 0 Å². The molecule has 0 bridgehead atoms. The molecule has 5 nitrogen and oxygen atoms in total. The highest BCUT2D eigenvalue weighted by Crippen LogP contribution is 2.29. The Balaban J connectivity index is 3.37. The SMILES string of the molecule is COc1cc(C(=O)O)cc(OC)c1C#CCC#N. The van der Waals surface area contributed by atoms with Gasteiger partial charge in [0.25, 0.3) is 0 Å². The fraction of sp³-hybridized carbons (Fsp3) is 0.231.